The number of hydrogen-bond donors (Lipinski definition) is 0. The van der Waals surface area contributed by atoms with Crippen molar-refractivity contribution in [2.75, 3.05) is 0 Å². The molecule has 0 aliphatic heterocycles. The van der Waals surface area contributed by atoms with Crippen molar-refractivity contribution in [3.05, 3.63) is 197 Å². The highest BCUT2D eigenvalue weighted by Crippen LogP contribution is 2.45. The fourth-order valence-corrected chi connectivity index (χ4v) is 8.33. The van der Waals surface area contributed by atoms with Crippen LogP contribution in [0.4, 0.5) is 11.4 Å². The SMILES string of the molecule is [C-]#[N+]c1ccc2c(c1)c1cc([N+]#[C-])ccc1n2-c1cc(C#N)cc(-n2c3ccc(C#N)cc3c3cc(C#N)ccc32)c1-c1cc(-c2ccccc2)nc(-c2ccccc2)c1. The molecule has 0 saturated carbocycles. The molecule has 0 unspecified atom stereocenters. The van der Waals surface area contributed by atoms with Crippen LogP contribution >= 0.6 is 0 Å². The van der Waals surface area contributed by atoms with Crippen molar-refractivity contribution < 1.29 is 0 Å². The molecule has 10 aromatic rings. The molecule has 3 aromatic heterocycles. The Hall–Kier alpha value is -9.26. The van der Waals surface area contributed by atoms with Gasteiger partial charge in [-0.05, 0) is 101 Å². The van der Waals surface area contributed by atoms with Crippen molar-refractivity contribution in [3.8, 4) is 63.2 Å². The molecule has 0 spiro atoms. The average molecular weight is 763 g/mol. The van der Waals surface area contributed by atoms with Gasteiger partial charge in [-0.15, -0.1) is 0 Å². The Balaban J connectivity index is 1.43. The predicted octanol–water partition coefficient (Wildman–Crippen LogP) is 13.0. The van der Waals surface area contributed by atoms with E-state index in [1.54, 1.807) is 24.3 Å². The number of benzene rings is 7. The zero-order chi connectivity index (χ0) is 40.9. The van der Waals surface area contributed by atoms with Gasteiger partial charge in [-0.3, -0.25) is 0 Å². The third-order valence-electron chi connectivity index (χ3n) is 11.0. The molecule has 0 atom stereocenters. The Morgan fingerprint density at radius 2 is 0.817 bits per heavy atom. The van der Waals surface area contributed by atoms with Gasteiger partial charge in [0.25, 0.3) is 0 Å². The molecule has 7 aromatic carbocycles. The van der Waals surface area contributed by atoms with E-state index in [1.165, 1.54) is 0 Å². The van der Waals surface area contributed by atoms with E-state index in [0.717, 1.165) is 77.3 Å². The standard InChI is InChI=1S/C52H26N8/c1-56-38-15-19-48-42(27-38)43-28-39(57-2)16-20-49(43)60(48)51-24-34(31-55)23-50(59-46-17-13-32(29-53)21-40(46)41-22-33(30-54)14-18-47(41)59)52(51)37-25-44(35-9-5-3-6-10-35)58-45(26-37)36-11-7-4-8-12-36/h3-28H. The van der Waals surface area contributed by atoms with Gasteiger partial charge >= 0.3 is 0 Å². The molecule has 8 nitrogen and oxygen atoms in total. The minimum absolute atomic E-state index is 0.396. The van der Waals surface area contributed by atoms with E-state index < -0.39 is 0 Å². The second-order valence-electron chi connectivity index (χ2n) is 14.3. The molecular formula is C52H26N8. The Morgan fingerprint density at radius 1 is 0.417 bits per heavy atom. The van der Waals surface area contributed by atoms with Crippen LogP contribution in [-0.4, -0.2) is 14.1 Å². The third-order valence-corrected chi connectivity index (χ3v) is 11.0. The summed E-state index contributed by atoms with van der Waals surface area (Å²) in [7, 11) is 0. The van der Waals surface area contributed by atoms with Gasteiger partial charge < -0.3 is 9.13 Å². The Kier molecular flexibility index (Phi) is 8.23. The molecule has 10 rings (SSSR count). The molecule has 0 fully saturated rings. The molecule has 0 N–H and O–H groups in total. The predicted molar refractivity (Wildman–Crippen MR) is 236 cm³/mol. The summed E-state index contributed by atoms with van der Waals surface area (Å²) in [4.78, 5) is 12.7. The van der Waals surface area contributed by atoms with Gasteiger partial charge in [-0.25, -0.2) is 14.7 Å². The van der Waals surface area contributed by atoms with Crippen LogP contribution in [0.15, 0.2) is 158 Å². The third kappa shape index (κ3) is 5.61. The van der Waals surface area contributed by atoms with E-state index in [1.807, 2.05) is 121 Å². The highest BCUT2D eigenvalue weighted by Gasteiger charge is 2.25. The van der Waals surface area contributed by atoms with Crippen molar-refractivity contribution in [2.45, 2.75) is 0 Å². The van der Waals surface area contributed by atoms with Crippen LogP contribution < -0.4 is 0 Å². The van der Waals surface area contributed by atoms with Gasteiger partial charge in [0.05, 0.1) is 92.9 Å². The highest BCUT2D eigenvalue weighted by molar-refractivity contribution is 6.13. The summed E-state index contributed by atoms with van der Waals surface area (Å²) < 4.78 is 4.23. The molecule has 0 aliphatic rings. The maximum absolute atomic E-state index is 10.8. The van der Waals surface area contributed by atoms with Crippen LogP contribution in [0.1, 0.15) is 16.7 Å². The van der Waals surface area contributed by atoms with Crippen molar-refractivity contribution in [2.24, 2.45) is 0 Å². The fourth-order valence-electron chi connectivity index (χ4n) is 8.33. The number of aromatic nitrogens is 3. The first-order chi connectivity index (χ1) is 29.5. The summed E-state index contributed by atoms with van der Waals surface area (Å²) in [5.41, 5.74) is 11.8. The summed E-state index contributed by atoms with van der Waals surface area (Å²) in [6.07, 6.45) is 0. The number of rotatable bonds is 5. The van der Waals surface area contributed by atoms with Gasteiger partial charge in [0.1, 0.15) is 0 Å². The molecule has 0 bridgehead atoms. The Labute approximate surface area is 344 Å². The van der Waals surface area contributed by atoms with Crippen molar-refractivity contribution in [1.29, 1.82) is 15.8 Å². The van der Waals surface area contributed by atoms with E-state index in [0.29, 0.717) is 39.4 Å². The molecule has 0 saturated heterocycles. The molecule has 274 valence electrons. The van der Waals surface area contributed by atoms with Gasteiger partial charge in [0, 0.05) is 27.5 Å². The van der Waals surface area contributed by atoms with Crippen molar-refractivity contribution >= 4 is 55.0 Å². The first kappa shape index (κ1) is 35.2. The van der Waals surface area contributed by atoms with Gasteiger partial charge in [0.15, 0.2) is 11.4 Å². The lowest BCUT2D eigenvalue weighted by Gasteiger charge is -2.22. The number of hydrogen-bond acceptors (Lipinski definition) is 4. The Bertz CT molecular complexity index is 3280. The highest BCUT2D eigenvalue weighted by atomic mass is 15.0. The molecule has 3 heterocycles. The summed E-state index contributed by atoms with van der Waals surface area (Å²) in [5, 5.41) is 34.0. The largest absolute Gasteiger partial charge is 0.309 e. The average Bonchev–Trinajstić information content (AvgIpc) is 3.82. The van der Waals surface area contributed by atoms with E-state index in [4.69, 9.17) is 18.1 Å². The lowest BCUT2D eigenvalue weighted by atomic mass is 9.95. The molecular weight excluding hydrogens is 737 g/mol. The van der Waals surface area contributed by atoms with Crippen LogP contribution in [0.2, 0.25) is 0 Å². The van der Waals surface area contributed by atoms with E-state index in [2.05, 4.69) is 49.2 Å². The topological polar surface area (TPSA) is 103 Å². The maximum Gasteiger partial charge on any atom is 0.188 e. The molecule has 0 aliphatic carbocycles. The zero-order valence-corrected chi connectivity index (χ0v) is 31.6. The smallest absolute Gasteiger partial charge is 0.188 e. The van der Waals surface area contributed by atoms with Crippen molar-refractivity contribution in [1.82, 2.24) is 14.1 Å². The zero-order valence-electron chi connectivity index (χ0n) is 31.6. The monoisotopic (exact) mass is 762 g/mol. The second-order valence-corrected chi connectivity index (χ2v) is 14.3. The lowest BCUT2D eigenvalue weighted by molar-refractivity contribution is 1.13. The van der Waals surface area contributed by atoms with Gasteiger partial charge in [-0.2, -0.15) is 15.8 Å². The minimum atomic E-state index is 0.396. The normalized spacial score (nSPS) is 10.9. The summed E-state index contributed by atoms with van der Waals surface area (Å²) in [6.45, 7) is 15.7. The molecule has 0 amide bonds. The molecule has 0 radical (unpaired) electrons. The first-order valence-electron chi connectivity index (χ1n) is 18.9. The van der Waals surface area contributed by atoms with E-state index in [-0.39, 0.29) is 0 Å². The summed E-state index contributed by atoms with van der Waals surface area (Å²) >= 11 is 0. The first-order valence-corrected chi connectivity index (χ1v) is 18.9. The minimum Gasteiger partial charge on any atom is -0.309 e. The second kappa shape index (κ2) is 14.0. The summed E-state index contributed by atoms with van der Waals surface area (Å²) in [6, 6.07) is 57.1. The van der Waals surface area contributed by atoms with Crippen LogP contribution in [0.3, 0.4) is 0 Å². The Morgan fingerprint density at radius 3 is 1.22 bits per heavy atom. The van der Waals surface area contributed by atoms with E-state index in [9.17, 15) is 15.8 Å². The van der Waals surface area contributed by atoms with Crippen LogP contribution in [0.5, 0.6) is 0 Å². The number of nitriles is 3. The maximum atomic E-state index is 10.8. The molecule has 60 heavy (non-hydrogen) atoms. The molecule has 8 heteroatoms. The van der Waals surface area contributed by atoms with Crippen LogP contribution in [0, 0.1) is 47.1 Å². The van der Waals surface area contributed by atoms with Gasteiger partial charge in [-0.1, -0.05) is 72.8 Å². The number of pyridine rings is 1. The lowest BCUT2D eigenvalue weighted by Crippen LogP contribution is -2.05. The number of fused-ring (bicyclic) bond motifs is 6. The van der Waals surface area contributed by atoms with Gasteiger partial charge in [0.2, 0.25) is 0 Å². The van der Waals surface area contributed by atoms with Crippen molar-refractivity contribution in [3.63, 3.8) is 0 Å². The number of nitrogens with zero attached hydrogens (tertiary/aromatic N) is 8. The summed E-state index contributed by atoms with van der Waals surface area (Å²) in [5.74, 6) is 0. The quantitative estimate of drug-likeness (QED) is 0.163. The van der Waals surface area contributed by atoms with E-state index >= 15 is 0 Å². The van der Waals surface area contributed by atoms with Crippen LogP contribution in [-0.2, 0) is 0 Å². The fraction of sp³-hybridized carbons (Fsp3) is 0. The van der Waals surface area contributed by atoms with Crippen LogP contribution in [0.25, 0.3) is 98.3 Å².